The van der Waals surface area contributed by atoms with Crippen LogP contribution >= 0.6 is 0 Å². The van der Waals surface area contributed by atoms with Crippen molar-refractivity contribution in [2.45, 2.75) is 40.0 Å². The Morgan fingerprint density at radius 2 is 2.00 bits per heavy atom. The van der Waals surface area contributed by atoms with Gasteiger partial charge in [-0.1, -0.05) is 19.9 Å². The van der Waals surface area contributed by atoms with Crippen LogP contribution in [0.2, 0.25) is 0 Å². The molecule has 0 atom stereocenters. The van der Waals surface area contributed by atoms with Gasteiger partial charge in [-0.2, -0.15) is 0 Å². The largest absolute Gasteiger partial charge is 0.478 e. The zero-order chi connectivity index (χ0) is 12.6. The van der Waals surface area contributed by atoms with E-state index in [0.29, 0.717) is 37.4 Å². The van der Waals surface area contributed by atoms with Crippen LogP contribution in [-0.4, -0.2) is 23.7 Å². The van der Waals surface area contributed by atoms with E-state index in [2.05, 4.69) is 0 Å². The first-order valence-corrected chi connectivity index (χ1v) is 5.49. The molecule has 0 aliphatic heterocycles. The Bertz CT molecular complexity index is 266. The van der Waals surface area contributed by atoms with E-state index in [1.54, 1.807) is 13.0 Å². The van der Waals surface area contributed by atoms with Crippen molar-refractivity contribution in [2.75, 3.05) is 6.61 Å². The predicted molar refractivity (Wildman–Crippen MR) is 61.0 cm³/mol. The van der Waals surface area contributed by atoms with Crippen molar-refractivity contribution in [3.63, 3.8) is 0 Å². The van der Waals surface area contributed by atoms with E-state index in [1.807, 2.05) is 13.8 Å². The number of aliphatic carboxylic acids is 1. The summed E-state index contributed by atoms with van der Waals surface area (Å²) in [6.45, 7) is 5.82. The molecule has 4 nitrogen and oxygen atoms in total. The molecule has 0 heterocycles. The summed E-state index contributed by atoms with van der Waals surface area (Å²) in [5, 5.41) is 8.57. The van der Waals surface area contributed by atoms with Gasteiger partial charge < -0.3 is 9.84 Å². The molecule has 92 valence electrons. The zero-order valence-corrected chi connectivity index (χ0v) is 10.2. The fraction of sp³-hybridized carbons (Fsp3) is 0.667. The summed E-state index contributed by atoms with van der Waals surface area (Å²) in [5.74, 6) is -0.785. The van der Waals surface area contributed by atoms with E-state index in [0.717, 1.165) is 0 Å². The monoisotopic (exact) mass is 228 g/mol. The van der Waals surface area contributed by atoms with Gasteiger partial charge in [-0.15, -0.1) is 0 Å². The lowest BCUT2D eigenvalue weighted by Gasteiger charge is -2.05. The maximum atomic E-state index is 11.1. The lowest BCUT2D eigenvalue weighted by molar-refractivity contribution is -0.144. The highest BCUT2D eigenvalue weighted by molar-refractivity contribution is 5.85. The third-order valence-electron chi connectivity index (χ3n) is 1.97. The van der Waals surface area contributed by atoms with Crippen LogP contribution in [0.5, 0.6) is 0 Å². The first kappa shape index (κ1) is 14.7. The number of hydrogen-bond acceptors (Lipinski definition) is 3. The van der Waals surface area contributed by atoms with Gasteiger partial charge in [-0.05, 0) is 25.7 Å². The molecule has 0 aromatic heterocycles. The summed E-state index contributed by atoms with van der Waals surface area (Å²) in [5.41, 5.74) is 0.327. The van der Waals surface area contributed by atoms with Crippen LogP contribution in [0.25, 0.3) is 0 Å². The van der Waals surface area contributed by atoms with Gasteiger partial charge in [-0.25, -0.2) is 4.79 Å². The second kappa shape index (κ2) is 7.91. The second-order valence-electron chi connectivity index (χ2n) is 4.15. The molecular weight excluding hydrogens is 208 g/mol. The third kappa shape index (κ3) is 8.03. The lowest BCUT2D eigenvalue weighted by atomic mass is 10.1. The summed E-state index contributed by atoms with van der Waals surface area (Å²) >= 11 is 0. The lowest BCUT2D eigenvalue weighted by Crippen LogP contribution is -2.08. The molecule has 0 aromatic carbocycles. The normalized spacial score (nSPS) is 11.6. The number of carboxylic acids is 1. The van der Waals surface area contributed by atoms with Crippen molar-refractivity contribution >= 4 is 11.9 Å². The van der Waals surface area contributed by atoms with Crippen molar-refractivity contribution in [3.8, 4) is 0 Å². The zero-order valence-electron chi connectivity index (χ0n) is 10.2. The summed E-state index contributed by atoms with van der Waals surface area (Å²) < 4.78 is 4.98. The molecule has 4 heteroatoms. The number of carboxylic acid groups (broad SMARTS) is 1. The fourth-order valence-corrected chi connectivity index (χ4v) is 1.07. The topological polar surface area (TPSA) is 63.6 Å². The van der Waals surface area contributed by atoms with Crippen LogP contribution in [0.3, 0.4) is 0 Å². The Kier molecular flexibility index (Phi) is 7.25. The summed E-state index contributed by atoms with van der Waals surface area (Å²) in [6.07, 6.45) is 3.35. The number of rotatable bonds is 7. The van der Waals surface area contributed by atoms with Gasteiger partial charge in [0.15, 0.2) is 0 Å². The molecule has 0 aliphatic carbocycles. The van der Waals surface area contributed by atoms with Gasteiger partial charge in [0.05, 0.1) is 6.61 Å². The van der Waals surface area contributed by atoms with Gasteiger partial charge in [-0.3, -0.25) is 4.79 Å². The number of unbranched alkanes of at least 4 members (excludes halogenated alkanes) is 1. The number of hydrogen-bond donors (Lipinski definition) is 1. The average Bonchev–Trinajstić information content (AvgIpc) is 2.15. The van der Waals surface area contributed by atoms with Crippen LogP contribution < -0.4 is 0 Å². The summed E-state index contributed by atoms with van der Waals surface area (Å²) in [4.78, 5) is 21.6. The Morgan fingerprint density at radius 3 is 2.50 bits per heavy atom. The smallest absolute Gasteiger partial charge is 0.330 e. The molecule has 1 N–H and O–H groups in total. The van der Waals surface area contributed by atoms with Gasteiger partial charge in [0.2, 0.25) is 0 Å². The molecule has 0 aromatic rings. The summed E-state index contributed by atoms with van der Waals surface area (Å²) in [7, 11) is 0. The number of ether oxygens (including phenoxy) is 1. The maximum absolute atomic E-state index is 11.1. The minimum atomic E-state index is -0.906. The fourth-order valence-electron chi connectivity index (χ4n) is 1.07. The second-order valence-corrected chi connectivity index (χ2v) is 4.15. The van der Waals surface area contributed by atoms with Crippen LogP contribution in [0, 0.1) is 5.92 Å². The molecule has 0 radical (unpaired) electrons. The van der Waals surface area contributed by atoms with Crippen LogP contribution in [0.1, 0.15) is 40.0 Å². The van der Waals surface area contributed by atoms with Crippen LogP contribution in [0.4, 0.5) is 0 Å². The van der Waals surface area contributed by atoms with Gasteiger partial charge in [0.25, 0.3) is 0 Å². The number of carbonyl (C=O) groups is 2. The first-order chi connectivity index (χ1) is 7.43. The van der Waals surface area contributed by atoms with Gasteiger partial charge in [0.1, 0.15) is 0 Å². The molecule has 0 amide bonds. The third-order valence-corrected chi connectivity index (χ3v) is 1.97. The Labute approximate surface area is 96.3 Å². The molecule has 0 rings (SSSR count). The van der Waals surface area contributed by atoms with Crippen molar-refractivity contribution in [3.05, 3.63) is 11.6 Å². The van der Waals surface area contributed by atoms with Crippen molar-refractivity contribution in [1.29, 1.82) is 0 Å². The highest BCUT2D eigenvalue weighted by Crippen LogP contribution is 2.03. The van der Waals surface area contributed by atoms with E-state index in [1.165, 1.54) is 0 Å². The van der Waals surface area contributed by atoms with Crippen LogP contribution in [-0.2, 0) is 14.3 Å². The quantitative estimate of drug-likeness (QED) is 0.413. The van der Waals surface area contributed by atoms with E-state index in [9.17, 15) is 9.59 Å². The molecule has 0 saturated carbocycles. The number of esters is 1. The average molecular weight is 228 g/mol. The molecular formula is C12H20O4. The summed E-state index contributed by atoms with van der Waals surface area (Å²) in [6, 6.07) is 0. The number of carbonyl (C=O) groups excluding carboxylic acids is 1. The van der Waals surface area contributed by atoms with Gasteiger partial charge in [0, 0.05) is 12.0 Å². The van der Waals surface area contributed by atoms with E-state index < -0.39 is 5.97 Å². The number of allylic oxidation sites excluding steroid dienone is 1. The molecule has 0 bridgehead atoms. The SMILES string of the molecule is CC(=CCCCOC(=O)CC(C)C)C(=O)O. The molecule has 0 unspecified atom stereocenters. The van der Waals surface area contributed by atoms with E-state index in [-0.39, 0.29) is 5.97 Å². The molecule has 0 fully saturated rings. The van der Waals surface area contributed by atoms with Crippen molar-refractivity contribution in [1.82, 2.24) is 0 Å². The minimum Gasteiger partial charge on any atom is -0.478 e. The highest BCUT2D eigenvalue weighted by atomic mass is 16.5. The molecule has 0 saturated heterocycles. The maximum Gasteiger partial charge on any atom is 0.330 e. The van der Waals surface area contributed by atoms with Crippen LogP contribution in [0.15, 0.2) is 11.6 Å². The van der Waals surface area contributed by atoms with E-state index in [4.69, 9.17) is 9.84 Å². The standard InChI is InChI=1S/C12H20O4/c1-9(2)8-11(13)16-7-5-4-6-10(3)12(14)15/h6,9H,4-5,7-8H2,1-3H3,(H,14,15). The minimum absolute atomic E-state index is 0.186. The Morgan fingerprint density at radius 1 is 1.38 bits per heavy atom. The van der Waals surface area contributed by atoms with Crippen molar-refractivity contribution < 1.29 is 19.4 Å². The van der Waals surface area contributed by atoms with Crippen molar-refractivity contribution in [2.24, 2.45) is 5.92 Å². The Hall–Kier alpha value is -1.32. The predicted octanol–water partition coefficient (Wildman–Crippen LogP) is 2.39. The molecule has 0 aliphatic rings. The van der Waals surface area contributed by atoms with Gasteiger partial charge >= 0.3 is 11.9 Å². The Balaban J connectivity index is 3.58. The van der Waals surface area contributed by atoms with E-state index >= 15 is 0 Å². The molecule has 0 spiro atoms. The first-order valence-electron chi connectivity index (χ1n) is 5.49. The molecule has 16 heavy (non-hydrogen) atoms. The highest BCUT2D eigenvalue weighted by Gasteiger charge is 2.05.